The van der Waals surface area contributed by atoms with Crippen LogP contribution in [-0.4, -0.2) is 29.7 Å². The number of benzene rings is 1. The monoisotopic (exact) mass is 317 g/mol. The van der Waals surface area contributed by atoms with Crippen molar-refractivity contribution in [2.24, 2.45) is 0 Å². The maximum atomic E-state index is 10.5. The first-order valence-corrected chi connectivity index (χ1v) is 8.08. The van der Waals surface area contributed by atoms with E-state index in [-0.39, 0.29) is 11.6 Å². The van der Waals surface area contributed by atoms with Crippen molar-refractivity contribution in [1.29, 1.82) is 0 Å². The van der Waals surface area contributed by atoms with Gasteiger partial charge in [0.1, 0.15) is 0 Å². The molecule has 3 N–H and O–H groups in total. The number of aromatic nitrogens is 1. The summed E-state index contributed by atoms with van der Waals surface area (Å²) in [4.78, 5) is 10.5. The molecule has 2 rings (SSSR count). The zero-order valence-electron chi connectivity index (χ0n) is 14.2. The SMILES string of the molecule is CC(C)(C)OCCC(CCNC=O)n1ccc2c(N)cccc21. The smallest absolute Gasteiger partial charge is 0.207 e. The van der Waals surface area contributed by atoms with Crippen molar-refractivity contribution in [3.05, 3.63) is 30.5 Å². The molecule has 5 heteroatoms. The molecule has 0 radical (unpaired) electrons. The van der Waals surface area contributed by atoms with Crippen molar-refractivity contribution in [1.82, 2.24) is 9.88 Å². The van der Waals surface area contributed by atoms with Gasteiger partial charge in [-0.05, 0) is 51.8 Å². The van der Waals surface area contributed by atoms with Gasteiger partial charge in [-0.25, -0.2) is 0 Å². The minimum Gasteiger partial charge on any atom is -0.398 e. The van der Waals surface area contributed by atoms with E-state index in [4.69, 9.17) is 10.5 Å². The fourth-order valence-corrected chi connectivity index (χ4v) is 2.76. The van der Waals surface area contributed by atoms with Crippen molar-refractivity contribution in [2.45, 2.75) is 45.3 Å². The molecule has 0 saturated carbocycles. The van der Waals surface area contributed by atoms with Gasteiger partial charge in [-0.1, -0.05) is 6.07 Å². The molecule has 1 amide bonds. The number of rotatable bonds is 8. The minimum absolute atomic E-state index is 0.144. The van der Waals surface area contributed by atoms with Crippen LogP contribution in [0.4, 0.5) is 5.69 Å². The summed E-state index contributed by atoms with van der Waals surface area (Å²) < 4.78 is 8.11. The fourth-order valence-electron chi connectivity index (χ4n) is 2.76. The van der Waals surface area contributed by atoms with Gasteiger partial charge in [-0.2, -0.15) is 0 Å². The Balaban J connectivity index is 2.17. The van der Waals surface area contributed by atoms with Gasteiger partial charge < -0.3 is 20.4 Å². The second kappa shape index (κ2) is 7.51. The first-order valence-electron chi connectivity index (χ1n) is 8.08. The zero-order chi connectivity index (χ0) is 16.9. The van der Waals surface area contributed by atoms with Crippen LogP contribution in [0.5, 0.6) is 0 Å². The van der Waals surface area contributed by atoms with Crippen molar-refractivity contribution < 1.29 is 9.53 Å². The van der Waals surface area contributed by atoms with Crippen molar-refractivity contribution >= 4 is 23.0 Å². The Hall–Kier alpha value is -2.01. The maximum Gasteiger partial charge on any atom is 0.207 e. The number of nitrogens with one attached hydrogen (secondary N) is 1. The van der Waals surface area contributed by atoms with Gasteiger partial charge >= 0.3 is 0 Å². The van der Waals surface area contributed by atoms with Gasteiger partial charge in [0.15, 0.2) is 0 Å². The Morgan fingerprint density at radius 1 is 1.30 bits per heavy atom. The molecule has 1 aromatic carbocycles. The van der Waals surface area contributed by atoms with Crippen molar-refractivity contribution in [3.8, 4) is 0 Å². The van der Waals surface area contributed by atoms with E-state index < -0.39 is 0 Å². The summed E-state index contributed by atoms with van der Waals surface area (Å²) >= 11 is 0. The van der Waals surface area contributed by atoms with Gasteiger partial charge in [0.2, 0.25) is 6.41 Å². The third kappa shape index (κ3) is 4.73. The molecule has 0 fully saturated rings. The van der Waals surface area contributed by atoms with Gasteiger partial charge in [0.05, 0.1) is 11.1 Å². The standard InChI is InChI=1S/C18H27N3O2/c1-18(2,3)23-12-9-14(7-10-20-13-22)21-11-8-15-16(19)5-4-6-17(15)21/h4-6,8,11,13-14H,7,9-10,12,19H2,1-3H3,(H,20,22). The summed E-state index contributed by atoms with van der Waals surface area (Å²) in [5.41, 5.74) is 7.82. The largest absolute Gasteiger partial charge is 0.398 e. The number of amides is 1. The second-order valence-electron chi connectivity index (χ2n) is 6.77. The maximum absolute atomic E-state index is 10.5. The third-order valence-corrected chi connectivity index (χ3v) is 3.88. The van der Waals surface area contributed by atoms with E-state index in [2.05, 4.69) is 49.0 Å². The van der Waals surface area contributed by atoms with E-state index >= 15 is 0 Å². The molecule has 0 spiro atoms. The Bertz CT molecular complexity index is 643. The average Bonchev–Trinajstić information content (AvgIpc) is 2.90. The highest BCUT2D eigenvalue weighted by Crippen LogP contribution is 2.28. The van der Waals surface area contributed by atoms with Crippen molar-refractivity contribution in [3.63, 3.8) is 0 Å². The quantitative estimate of drug-likeness (QED) is 0.446. The van der Waals surface area contributed by atoms with Crippen LogP contribution in [-0.2, 0) is 9.53 Å². The number of ether oxygens (including phenoxy) is 1. The van der Waals surface area contributed by atoms with Crippen molar-refractivity contribution in [2.75, 3.05) is 18.9 Å². The highest BCUT2D eigenvalue weighted by atomic mass is 16.5. The van der Waals surface area contributed by atoms with Gasteiger partial charge in [0.25, 0.3) is 0 Å². The number of hydrogen-bond acceptors (Lipinski definition) is 3. The number of carbonyl (C=O) groups is 1. The lowest BCUT2D eigenvalue weighted by molar-refractivity contribution is -0.109. The molecule has 0 aliphatic carbocycles. The number of hydrogen-bond donors (Lipinski definition) is 2. The Kier molecular flexibility index (Phi) is 5.66. The van der Waals surface area contributed by atoms with Crippen LogP contribution in [0.15, 0.2) is 30.5 Å². The van der Waals surface area contributed by atoms with E-state index in [0.29, 0.717) is 13.2 Å². The fraction of sp³-hybridized carbons (Fsp3) is 0.500. The molecule has 0 aliphatic heterocycles. The number of nitrogens with two attached hydrogens (primary N) is 1. The van der Waals surface area contributed by atoms with Crippen LogP contribution in [0.25, 0.3) is 10.9 Å². The Labute approximate surface area is 137 Å². The summed E-state index contributed by atoms with van der Waals surface area (Å²) in [7, 11) is 0. The zero-order valence-corrected chi connectivity index (χ0v) is 14.2. The number of carbonyl (C=O) groups excluding carboxylic acids is 1. The molecule has 126 valence electrons. The number of nitrogens with zero attached hydrogens (tertiary/aromatic N) is 1. The minimum atomic E-state index is -0.144. The Morgan fingerprint density at radius 2 is 2.09 bits per heavy atom. The van der Waals surface area contributed by atoms with E-state index in [0.717, 1.165) is 35.8 Å². The molecule has 0 saturated heterocycles. The molecule has 1 heterocycles. The molecule has 0 aliphatic rings. The summed E-state index contributed by atoms with van der Waals surface area (Å²) in [5.74, 6) is 0. The van der Waals surface area contributed by atoms with Crippen LogP contribution in [0, 0.1) is 0 Å². The second-order valence-corrected chi connectivity index (χ2v) is 6.77. The summed E-state index contributed by atoms with van der Waals surface area (Å²) in [6, 6.07) is 8.27. The summed E-state index contributed by atoms with van der Waals surface area (Å²) in [5, 5.41) is 3.81. The van der Waals surface area contributed by atoms with E-state index in [1.165, 1.54) is 0 Å². The highest BCUT2D eigenvalue weighted by molar-refractivity contribution is 5.91. The summed E-state index contributed by atoms with van der Waals surface area (Å²) in [6.07, 6.45) is 4.55. The molecule has 5 nitrogen and oxygen atoms in total. The number of anilines is 1. The van der Waals surface area contributed by atoms with Crippen LogP contribution in [0.1, 0.15) is 39.7 Å². The lowest BCUT2D eigenvalue weighted by atomic mass is 10.1. The van der Waals surface area contributed by atoms with E-state index in [9.17, 15) is 4.79 Å². The normalized spacial score (nSPS) is 13.2. The number of fused-ring (bicyclic) bond motifs is 1. The third-order valence-electron chi connectivity index (χ3n) is 3.88. The molecule has 23 heavy (non-hydrogen) atoms. The predicted molar refractivity (Wildman–Crippen MR) is 94.4 cm³/mol. The van der Waals surface area contributed by atoms with Crippen LogP contribution >= 0.6 is 0 Å². The van der Waals surface area contributed by atoms with E-state index in [1.54, 1.807) is 0 Å². The molecule has 0 bridgehead atoms. The molecular weight excluding hydrogens is 290 g/mol. The number of nitrogen functional groups attached to an aromatic ring is 1. The molecule has 1 atom stereocenters. The molecule has 1 aromatic heterocycles. The molecule has 1 unspecified atom stereocenters. The van der Waals surface area contributed by atoms with Gasteiger partial charge in [0, 0.05) is 36.5 Å². The van der Waals surface area contributed by atoms with Crippen LogP contribution in [0.3, 0.4) is 0 Å². The van der Waals surface area contributed by atoms with Gasteiger partial charge in [-0.3, -0.25) is 4.79 Å². The molecular formula is C18H27N3O2. The highest BCUT2D eigenvalue weighted by Gasteiger charge is 2.16. The van der Waals surface area contributed by atoms with Crippen LogP contribution < -0.4 is 11.1 Å². The topological polar surface area (TPSA) is 69.3 Å². The Morgan fingerprint density at radius 3 is 2.78 bits per heavy atom. The van der Waals surface area contributed by atoms with Crippen LogP contribution in [0.2, 0.25) is 0 Å². The first-order chi connectivity index (χ1) is 10.9. The first kappa shape index (κ1) is 17.3. The lowest BCUT2D eigenvalue weighted by Gasteiger charge is -2.24. The van der Waals surface area contributed by atoms with Gasteiger partial charge in [-0.15, -0.1) is 0 Å². The summed E-state index contributed by atoms with van der Waals surface area (Å²) in [6.45, 7) is 7.49. The molecule has 2 aromatic rings. The lowest BCUT2D eigenvalue weighted by Crippen LogP contribution is -2.23. The van der Waals surface area contributed by atoms with E-state index in [1.807, 2.05) is 12.1 Å². The average molecular weight is 317 g/mol. The predicted octanol–water partition coefficient (Wildman–Crippen LogP) is 3.11.